The molecule has 2 aliphatic rings. The van der Waals surface area contributed by atoms with Crippen LogP contribution >= 0.6 is 0 Å². The third kappa shape index (κ3) is 3.56. The van der Waals surface area contributed by atoms with Crippen molar-refractivity contribution in [2.45, 2.75) is 44.6 Å². The summed E-state index contributed by atoms with van der Waals surface area (Å²) in [6.07, 6.45) is 12.8. The fourth-order valence-corrected chi connectivity index (χ4v) is 3.86. The van der Waals surface area contributed by atoms with E-state index in [1.165, 1.54) is 6.33 Å². The normalized spacial score (nSPS) is 19.9. The molecule has 3 heterocycles. The Labute approximate surface area is 164 Å². The van der Waals surface area contributed by atoms with Crippen LogP contribution in [-0.2, 0) is 5.54 Å². The molecule has 1 saturated carbocycles. The standard InChI is InChI=1S/C20H26N6O2/c1-2-19(13-27)5-7-26(8-6-19)17(28)15-9-23-18(24-10-15)25-20(3-4-20)16-11-21-14-22-12-16/h9-12,14,27H,2-8,13H2,1H3,(H,23,24,25). The Morgan fingerprint density at radius 2 is 1.75 bits per heavy atom. The first kappa shape index (κ1) is 18.7. The van der Waals surface area contributed by atoms with Crippen molar-refractivity contribution in [3.05, 3.63) is 42.2 Å². The Morgan fingerprint density at radius 1 is 1.11 bits per heavy atom. The molecule has 1 saturated heterocycles. The van der Waals surface area contributed by atoms with E-state index in [1.54, 1.807) is 12.4 Å². The van der Waals surface area contributed by atoms with Crippen LogP contribution in [0.5, 0.6) is 0 Å². The number of hydrogen-bond acceptors (Lipinski definition) is 7. The summed E-state index contributed by atoms with van der Waals surface area (Å²) >= 11 is 0. The molecule has 148 valence electrons. The minimum atomic E-state index is -0.201. The maximum atomic E-state index is 12.8. The van der Waals surface area contributed by atoms with Crippen molar-refractivity contribution in [2.75, 3.05) is 25.0 Å². The molecule has 0 unspecified atom stereocenters. The Balaban J connectivity index is 1.39. The van der Waals surface area contributed by atoms with Gasteiger partial charge < -0.3 is 15.3 Å². The minimum Gasteiger partial charge on any atom is -0.396 e. The van der Waals surface area contributed by atoms with Gasteiger partial charge in [-0.2, -0.15) is 0 Å². The molecular formula is C20H26N6O2. The van der Waals surface area contributed by atoms with E-state index in [0.717, 1.165) is 37.7 Å². The van der Waals surface area contributed by atoms with Gasteiger partial charge >= 0.3 is 0 Å². The van der Waals surface area contributed by atoms with Crippen LogP contribution in [0.25, 0.3) is 0 Å². The van der Waals surface area contributed by atoms with Gasteiger partial charge in [-0.3, -0.25) is 4.79 Å². The zero-order chi connectivity index (χ0) is 19.6. The number of amides is 1. The highest BCUT2D eigenvalue weighted by atomic mass is 16.3. The minimum absolute atomic E-state index is 0.0409. The molecule has 1 aliphatic carbocycles. The Bertz CT molecular complexity index is 808. The number of carbonyl (C=O) groups excluding carboxylic acids is 1. The van der Waals surface area contributed by atoms with E-state index in [4.69, 9.17) is 0 Å². The van der Waals surface area contributed by atoms with Crippen molar-refractivity contribution >= 4 is 11.9 Å². The quantitative estimate of drug-likeness (QED) is 0.787. The molecule has 4 rings (SSSR count). The van der Waals surface area contributed by atoms with Crippen molar-refractivity contribution in [3.63, 3.8) is 0 Å². The Kier molecular flexibility index (Phi) is 4.97. The lowest BCUT2D eigenvalue weighted by Crippen LogP contribution is -2.44. The van der Waals surface area contributed by atoms with Crippen molar-refractivity contribution < 1.29 is 9.90 Å². The van der Waals surface area contributed by atoms with Gasteiger partial charge in [-0.15, -0.1) is 0 Å². The number of rotatable bonds is 6. The number of aromatic nitrogens is 4. The van der Waals surface area contributed by atoms with Crippen LogP contribution in [0.1, 0.15) is 54.9 Å². The van der Waals surface area contributed by atoms with Crippen LogP contribution in [-0.4, -0.2) is 55.5 Å². The number of aliphatic hydroxyl groups is 1. The first-order valence-corrected chi connectivity index (χ1v) is 9.86. The molecule has 0 spiro atoms. The fourth-order valence-electron chi connectivity index (χ4n) is 3.86. The van der Waals surface area contributed by atoms with E-state index >= 15 is 0 Å². The first-order chi connectivity index (χ1) is 13.6. The van der Waals surface area contributed by atoms with Gasteiger partial charge in [0, 0.05) is 50.0 Å². The van der Waals surface area contributed by atoms with Crippen LogP contribution in [0, 0.1) is 5.41 Å². The number of nitrogens with one attached hydrogen (secondary N) is 1. The number of hydrogen-bond donors (Lipinski definition) is 2. The van der Waals surface area contributed by atoms with E-state index in [1.807, 2.05) is 17.3 Å². The van der Waals surface area contributed by atoms with Crippen LogP contribution in [0.15, 0.2) is 31.1 Å². The van der Waals surface area contributed by atoms with E-state index in [2.05, 4.69) is 32.2 Å². The lowest BCUT2D eigenvalue weighted by atomic mass is 9.77. The molecule has 0 bridgehead atoms. The highest BCUT2D eigenvalue weighted by Crippen LogP contribution is 2.47. The Morgan fingerprint density at radius 3 is 2.29 bits per heavy atom. The summed E-state index contributed by atoms with van der Waals surface area (Å²) in [6, 6.07) is 0. The molecule has 2 aromatic rings. The second-order valence-electron chi connectivity index (χ2n) is 7.93. The number of aliphatic hydroxyl groups excluding tert-OH is 1. The highest BCUT2D eigenvalue weighted by molar-refractivity contribution is 5.93. The molecule has 1 amide bonds. The molecule has 2 N–H and O–H groups in total. The van der Waals surface area contributed by atoms with Gasteiger partial charge in [0.15, 0.2) is 0 Å². The average Bonchev–Trinajstić information content (AvgIpc) is 3.55. The van der Waals surface area contributed by atoms with Crippen molar-refractivity contribution in [3.8, 4) is 0 Å². The van der Waals surface area contributed by atoms with Crippen LogP contribution in [0.2, 0.25) is 0 Å². The summed E-state index contributed by atoms with van der Waals surface area (Å²) in [6.45, 7) is 3.60. The number of likely N-dealkylation sites (tertiary alicyclic amines) is 1. The molecule has 2 fully saturated rings. The smallest absolute Gasteiger partial charge is 0.256 e. The van der Waals surface area contributed by atoms with E-state index < -0.39 is 0 Å². The van der Waals surface area contributed by atoms with Gasteiger partial charge in [0.25, 0.3) is 5.91 Å². The van der Waals surface area contributed by atoms with Gasteiger partial charge in [-0.1, -0.05) is 6.92 Å². The first-order valence-electron chi connectivity index (χ1n) is 9.86. The maximum Gasteiger partial charge on any atom is 0.256 e. The fraction of sp³-hybridized carbons (Fsp3) is 0.550. The lowest BCUT2D eigenvalue weighted by molar-refractivity contribution is 0.0337. The van der Waals surface area contributed by atoms with Crippen LogP contribution < -0.4 is 5.32 Å². The second-order valence-corrected chi connectivity index (χ2v) is 7.93. The monoisotopic (exact) mass is 382 g/mol. The molecule has 8 heteroatoms. The van der Waals surface area contributed by atoms with Crippen LogP contribution in [0.4, 0.5) is 5.95 Å². The molecule has 0 aromatic carbocycles. The SMILES string of the molecule is CCC1(CO)CCN(C(=O)c2cnc(NC3(c4cncnc4)CC3)nc2)CC1. The summed E-state index contributed by atoms with van der Waals surface area (Å²) in [5.74, 6) is 0.452. The number of anilines is 1. The van der Waals surface area contributed by atoms with E-state index in [0.29, 0.717) is 24.6 Å². The summed E-state index contributed by atoms with van der Waals surface area (Å²) in [4.78, 5) is 31.5. The molecule has 0 radical (unpaired) electrons. The van der Waals surface area contributed by atoms with E-state index in [-0.39, 0.29) is 23.5 Å². The van der Waals surface area contributed by atoms with Gasteiger partial charge in [-0.25, -0.2) is 19.9 Å². The van der Waals surface area contributed by atoms with Gasteiger partial charge in [-0.05, 0) is 37.5 Å². The molecular weight excluding hydrogens is 356 g/mol. The predicted molar refractivity (Wildman–Crippen MR) is 104 cm³/mol. The highest BCUT2D eigenvalue weighted by Gasteiger charge is 2.45. The zero-order valence-electron chi connectivity index (χ0n) is 16.1. The average molecular weight is 382 g/mol. The predicted octanol–water partition coefficient (Wildman–Crippen LogP) is 1.99. The zero-order valence-corrected chi connectivity index (χ0v) is 16.1. The van der Waals surface area contributed by atoms with Gasteiger partial charge in [0.1, 0.15) is 6.33 Å². The summed E-state index contributed by atoms with van der Waals surface area (Å²) in [5.41, 5.74) is 1.27. The van der Waals surface area contributed by atoms with Crippen molar-refractivity contribution in [1.82, 2.24) is 24.8 Å². The third-order valence-electron chi connectivity index (χ3n) is 6.31. The molecule has 8 nitrogen and oxygen atoms in total. The summed E-state index contributed by atoms with van der Waals surface area (Å²) in [7, 11) is 0. The molecule has 28 heavy (non-hydrogen) atoms. The molecule has 1 aliphatic heterocycles. The number of nitrogens with zero attached hydrogens (tertiary/aromatic N) is 5. The summed E-state index contributed by atoms with van der Waals surface area (Å²) < 4.78 is 0. The Hall–Kier alpha value is -2.61. The van der Waals surface area contributed by atoms with Gasteiger partial charge in [0.2, 0.25) is 5.95 Å². The second kappa shape index (κ2) is 7.43. The molecule has 0 atom stereocenters. The maximum absolute atomic E-state index is 12.8. The van der Waals surface area contributed by atoms with Crippen molar-refractivity contribution in [1.29, 1.82) is 0 Å². The number of carbonyl (C=O) groups is 1. The van der Waals surface area contributed by atoms with Crippen LogP contribution in [0.3, 0.4) is 0 Å². The summed E-state index contributed by atoms with van der Waals surface area (Å²) in [5, 5.41) is 13.0. The van der Waals surface area contributed by atoms with Crippen molar-refractivity contribution in [2.24, 2.45) is 5.41 Å². The topological polar surface area (TPSA) is 104 Å². The lowest BCUT2D eigenvalue weighted by Gasteiger charge is -2.40. The third-order valence-corrected chi connectivity index (χ3v) is 6.31. The largest absolute Gasteiger partial charge is 0.396 e. The van der Waals surface area contributed by atoms with E-state index in [9.17, 15) is 9.90 Å². The van der Waals surface area contributed by atoms with Gasteiger partial charge in [0.05, 0.1) is 11.1 Å². The molecule has 2 aromatic heterocycles. The number of piperidine rings is 1.